The lowest BCUT2D eigenvalue weighted by Gasteiger charge is -2.06. The summed E-state index contributed by atoms with van der Waals surface area (Å²) in [5.41, 5.74) is 3.20. The number of rotatable bonds is 4. The molecule has 0 spiro atoms. The maximum Gasteiger partial charge on any atom is 0.162 e. The molecule has 1 N–H and O–H groups in total. The number of aliphatic hydroxyl groups excluding tert-OH is 1. The number of methoxy groups -OCH3 is 1. The van der Waals surface area contributed by atoms with Crippen LogP contribution in [0.4, 0.5) is 0 Å². The minimum absolute atomic E-state index is 0.324. The van der Waals surface area contributed by atoms with Crippen molar-refractivity contribution in [3.05, 3.63) is 41.0 Å². The third-order valence-corrected chi connectivity index (χ3v) is 3.77. The molecule has 2 aromatic rings. The number of ether oxygens (including phenoxy) is 1. The molecule has 0 bridgehead atoms. The fourth-order valence-electron chi connectivity index (χ4n) is 2.81. The maximum absolute atomic E-state index is 10.1. The number of hydrogen-bond donors (Lipinski definition) is 1. The van der Waals surface area contributed by atoms with E-state index in [2.05, 4.69) is 15.9 Å². The lowest BCUT2D eigenvalue weighted by molar-refractivity contribution is 0.155. The molecule has 20 heavy (non-hydrogen) atoms. The molecule has 5 heteroatoms. The lowest BCUT2D eigenvalue weighted by Crippen LogP contribution is -1.98. The van der Waals surface area contributed by atoms with Gasteiger partial charge in [0.1, 0.15) is 12.3 Å². The molecule has 108 valence electrons. The second kappa shape index (κ2) is 5.81. The standard InChI is InChI=1S/C15H20N2O3/c1-19-10-13-6-12(16-20-13)8-17-7-11-4-2-3-5-15(18)14(11)9-17/h6-7,9,15,18H,2-5,8,10H2,1H3. The molecule has 0 aromatic carbocycles. The van der Waals surface area contributed by atoms with Gasteiger partial charge < -0.3 is 18.9 Å². The van der Waals surface area contributed by atoms with Crippen LogP contribution >= 0.6 is 0 Å². The Morgan fingerprint density at radius 1 is 1.45 bits per heavy atom. The Labute approximate surface area is 118 Å². The summed E-state index contributed by atoms with van der Waals surface area (Å²) in [4.78, 5) is 0. The first kappa shape index (κ1) is 13.4. The normalized spacial score (nSPS) is 18.8. The highest BCUT2D eigenvalue weighted by Gasteiger charge is 2.18. The summed E-state index contributed by atoms with van der Waals surface area (Å²) in [5, 5.41) is 14.2. The van der Waals surface area contributed by atoms with Crippen LogP contribution in [0.2, 0.25) is 0 Å². The smallest absolute Gasteiger partial charge is 0.162 e. The van der Waals surface area contributed by atoms with Gasteiger partial charge in [0.05, 0.1) is 12.6 Å². The van der Waals surface area contributed by atoms with Gasteiger partial charge in [-0.25, -0.2) is 0 Å². The predicted molar refractivity (Wildman–Crippen MR) is 73.3 cm³/mol. The first-order valence-corrected chi connectivity index (χ1v) is 7.06. The molecule has 1 aliphatic carbocycles. The van der Waals surface area contributed by atoms with Gasteiger partial charge >= 0.3 is 0 Å². The van der Waals surface area contributed by atoms with Crippen LogP contribution in [-0.2, 0) is 24.3 Å². The van der Waals surface area contributed by atoms with Crippen molar-refractivity contribution in [2.45, 2.75) is 44.9 Å². The quantitative estimate of drug-likeness (QED) is 0.871. The Kier molecular flexibility index (Phi) is 3.89. The summed E-state index contributed by atoms with van der Waals surface area (Å²) in [6, 6.07) is 1.91. The van der Waals surface area contributed by atoms with Gasteiger partial charge in [-0.3, -0.25) is 0 Å². The molecular weight excluding hydrogens is 256 g/mol. The van der Waals surface area contributed by atoms with Crippen molar-refractivity contribution in [2.24, 2.45) is 0 Å². The third-order valence-electron chi connectivity index (χ3n) is 3.77. The van der Waals surface area contributed by atoms with Gasteiger partial charge in [-0.15, -0.1) is 0 Å². The average molecular weight is 276 g/mol. The van der Waals surface area contributed by atoms with E-state index in [-0.39, 0.29) is 6.10 Å². The Morgan fingerprint density at radius 3 is 3.20 bits per heavy atom. The Hall–Kier alpha value is -1.59. The van der Waals surface area contributed by atoms with Crippen LogP contribution in [-0.4, -0.2) is 21.9 Å². The average Bonchev–Trinajstić information content (AvgIpc) is 2.99. The van der Waals surface area contributed by atoms with Gasteiger partial charge in [-0.05, 0) is 24.8 Å². The van der Waals surface area contributed by atoms with Crippen LogP contribution in [0.3, 0.4) is 0 Å². The monoisotopic (exact) mass is 276 g/mol. The lowest BCUT2D eigenvalue weighted by atomic mass is 10.1. The molecule has 0 saturated heterocycles. The summed E-state index contributed by atoms with van der Waals surface area (Å²) in [7, 11) is 1.63. The molecule has 1 atom stereocenters. The number of nitrogens with zero attached hydrogens (tertiary/aromatic N) is 2. The van der Waals surface area contributed by atoms with E-state index < -0.39 is 0 Å². The largest absolute Gasteiger partial charge is 0.388 e. The van der Waals surface area contributed by atoms with Crippen molar-refractivity contribution in [3.63, 3.8) is 0 Å². The van der Waals surface area contributed by atoms with Gasteiger partial charge in [0.2, 0.25) is 0 Å². The number of fused-ring (bicyclic) bond motifs is 1. The second-order valence-corrected chi connectivity index (χ2v) is 5.39. The topological polar surface area (TPSA) is 60.4 Å². The minimum Gasteiger partial charge on any atom is -0.388 e. The van der Waals surface area contributed by atoms with E-state index in [0.717, 1.165) is 42.7 Å². The number of aryl methyl sites for hydroxylation is 1. The Bertz CT molecular complexity index is 573. The SMILES string of the molecule is COCc1cc(Cn2cc3c(c2)C(O)CCCC3)no1. The van der Waals surface area contributed by atoms with E-state index in [1.54, 1.807) is 7.11 Å². The Balaban J connectivity index is 1.76. The van der Waals surface area contributed by atoms with E-state index in [1.165, 1.54) is 5.56 Å². The highest BCUT2D eigenvalue weighted by molar-refractivity contribution is 5.28. The highest BCUT2D eigenvalue weighted by Crippen LogP contribution is 2.29. The maximum atomic E-state index is 10.1. The molecule has 0 saturated carbocycles. The van der Waals surface area contributed by atoms with Gasteiger partial charge in [-0.2, -0.15) is 0 Å². The van der Waals surface area contributed by atoms with Gasteiger partial charge in [0.15, 0.2) is 5.76 Å². The number of aromatic nitrogens is 2. The first-order valence-electron chi connectivity index (χ1n) is 7.06. The van der Waals surface area contributed by atoms with Crippen molar-refractivity contribution in [1.29, 1.82) is 0 Å². The summed E-state index contributed by atoms with van der Waals surface area (Å²) >= 11 is 0. The number of hydrogen-bond acceptors (Lipinski definition) is 4. The van der Waals surface area contributed by atoms with E-state index in [0.29, 0.717) is 13.2 Å². The van der Waals surface area contributed by atoms with Crippen LogP contribution < -0.4 is 0 Å². The van der Waals surface area contributed by atoms with Crippen molar-refractivity contribution in [2.75, 3.05) is 7.11 Å². The molecule has 0 fully saturated rings. The minimum atomic E-state index is -0.324. The molecule has 5 nitrogen and oxygen atoms in total. The molecule has 0 radical (unpaired) electrons. The van der Waals surface area contributed by atoms with Crippen molar-refractivity contribution in [1.82, 2.24) is 9.72 Å². The molecule has 0 aliphatic heterocycles. The van der Waals surface area contributed by atoms with Crippen LogP contribution in [0.5, 0.6) is 0 Å². The summed E-state index contributed by atoms with van der Waals surface area (Å²) in [5.74, 6) is 0.733. The van der Waals surface area contributed by atoms with Crippen LogP contribution in [0, 0.1) is 0 Å². The fourth-order valence-corrected chi connectivity index (χ4v) is 2.81. The Morgan fingerprint density at radius 2 is 2.35 bits per heavy atom. The van der Waals surface area contributed by atoms with Gasteiger partial charge in [-0.1, -0.05) is 11.6 Å². The van der Waals surface area contributed by atoms with Gasteiger partial charge in [0.25, 0.3) is 0 Å². The summed E-state index contributed by atoms with van der Waals surface area (Å²) in [6.07, 6.45) is 7.99. The van der Waals surface area contributed by atoms with Crippen LogP contribution in [0.1, 0.15) is 47.9 Å². The van der Waals surface area contributed by atoms with Crippen LogP contribution in [0.25, 0.3) is 0 Å². The molecule has 3 rings (SSSR count). The van der Waals surface area contributed by atoms with E-state index in [4.69, 9.17) is 9.26 Å². The van der Waals surface area contributed by atoms with Crippen molar-refractivity contribution in [3.8, 4) is 0 Å². The van der Waals surface area contributed by atoms with E-state index >= 15 is 0 Å². The number of aliphatic hydroxyl groups is 1. The zero-order chi connectivity index (χ0) is 13.9. The fraction of sp³-hybridized carbons (Fsp3) is 0.533. The summed E-state index contributed by atoms with van der Waals surface area (Å²) in [6.45, 7) is 1.10. The van der Waals surface area contributed by atoms with E-state index in [1.807, 2.05) is 12.3 Å². The molecule has 0 amide bonds. The highest BCUT2D eigenvalue weighted by atomic mass is 16.5. The molecule has 2 heterocycles. The molecule has 1 aliphatic rings. The molecule has 2 aromatic heterocycles. The molecule has 1 unspecified atom stereocenters. The second-order valence-electron chi connectivity index (χ2n) is 5.39. The zero-order valence-corrected chi connectivity index (χ0v) is 11.7. The van der Waals surface area contributed by atoms with E-state index in [9.17, 15) is 5.11 Å². The van der Waals surface area contributed by atoms with Gasteiger partial charge in [0, 0.05) is 31.1 Å². The van der Waals surface area contributed by atoms with Crippen LogP contribution in [0.15, 0.2) is 23.0 Å². The van der Waals surface area contributed by atoms with Crippen molar-refractivity contribution < 1.29 is 14.4 Å². The molecular formula is C15H20N2O3. The zero-order valence-electron chi connectivity index (χ0n) is 11.7. The third kappa shape index (κ3) is 2.78. The first-order chi connectivity index (χ1) is 9.76. The summed E-state index contributed by atoms with van der Waals surface area (Å²) < 4.78 is 12.3. The van der Waals surface area contributed by atoms with Crippen molar-refractivity contribution >= 4 is 0 Å². The predicted octanol–water partition coefficient (Wildman–Crippen LogP) is 2.43.